The summed E-state index contributed by atoms with van der Waals surface area (Å²) >= 11 is 5.16. The molecule has 19 N–H and O–H groups in total. The van der Waals surface area contributed by atoms with Gasteiger partial charge in [0.2, 0.25) is 17.1 Å². The summed E-state index contributed by atoms with van der Waals surface area (Å²) in [5, 5.41) is 21.6. The maximum Gasteiger partial charge on any atom is 0.380 e. The van der Waals surface area contributed by atoms with Crippen LogP contribution in [0.5, 0.6) is 0 Å². The summed E-state index contributed by atoms with van der Waals surface area (Å²) in [5.74, 6) is -6.51. The van der Waals surface area contributed by atoms with Crippen LogP contribution in [0.3, 0.4) is 0 Å². The first kappa shape index (κ1) is 134. The third kappa shape index (κ3) is 48.9. The van der Waals surface area contributed by atoms with Gasteiger partial charge in [-0.15, -0.1) is 0 Å². The van der Waals surface area contributed by atoms with Gasteiger partial charge in [-0.3, -0.25) is 120 Å². The Morgan fingerprint density at radius 1 is 0.380 bits per heavy atom. The Morgan fingerprint density at radius 2 is 0.620 bits per heavy atom. The molecule has 4 aromatic rings. The molecule has 4 aliphatic rings. The first-order valence-corrected chi connectivity index (χ1v) is 44.3. The normalized spacial score (nSPS) is 12.6. The Labute approximate surface area is 796 Å². The number of hydrogen-bond acceptors (Lipinski definition) is 35. The number of carboxylic acid groups (broad SMARTS) is 2. The van der Waals surface area contributed by atoms with E-state index in [1.54, 1.807) is 26.2 Å². The summed E-state index contributed by atoms with van der Waals surface area (Å²) in [6.07, 6.45) is 17.8. The predicted octanol–water partition coefficient (Wildman–Crippen LogP) is 8.40. The molecule has 48 nitrogen and oxygen atoms in total. The molecule has 3 radical (unpaired) electrons. The average molecular weight is 2030 g/mol. The number of rotatable bonds is 36. The maximum absolute atomic E-state index is 12.4. The lowest BCUT2D eigenvalue weighted by Crippen LogP contribution is -2.31. The molecular formula is C82H114BClFN14O34S4. The van der Waals surface area contributed by atoms with Gasteiger partial charge in [-0.25, -0.2) is 42.4 Å². The second-order valence-corrected chi connectivity index (χ2v) is 35.0. The average Bonchev–Trinajstić information content (AvgIpc) is 1.53. The van der Waals surface area contributed by atoms with Crippen molar-refractivity contribution in [2.45, 2.75) is 205 Å². The van der Waals surface area contributed by atoms with E-state index in [4.69, 9.17) is 79.8 Å². The lowest BCUT2D eigenvalue weighted by Gasteiger charge is -2.19. The topological polar surface area (TPSA) is 806 Å². The van der Waals surface area contributed by atoms with Gasteiger partial charge in [0.1, 0.15) is 30.8 Å². The minimum atomic E-state index is -4.90. The Kier molecular flexibility index (Phi) is 61.5. The first-order valence-electron chi connectivity index (χ1n) is 38.2. The van der Waals surface area contributed by atoms with Gasteiger partial charge in [0.05, 0.1) is 22.3 Å². The summed E-state index contributed by atoms with van der Waals surface area (Å²) < 4.78 is 137. The van der Waals surface area contributed by atoms with Gasteiger partial charge < -0.3 is 41.8 Å². The standard InChI is InChI=1S/C22H26N2O9S.C17H20N4O7S.C12H15NO6S.C10H12ClNO3.C10H13NO4.C7H7NO5S.4CH4.B.FH.2H2N2/c1-22(2,3)33-21(29)20(28)15-9-8-14(13-16(15)34(30,31)32)23-17(25)7-5-4-6-12-24-18(26)10-11-19(24)27;18-20-17(25)12-6-5-11(10-13(12)29(26,27)28)19-14(22)4-2-1-3-9-21-15(23)7-8-16(21)24;1-12(2,3)19-11(15)10(14)8-5-4-7(13)6-9(8)20(16,17)18;11-8(13)4-2-1-3-7-12-9(14)5-6-10(12)15;12-8-5-6-9(13)11(8)7-3-1-2-4-10(14)15;8-4-1-2-5(7(9)10)6(3-4)14(11,12)13;;;;;;;2*1-2/h8-11,13H,4-7,12H2,1-3H3,(H,23,25)(H,30,31,32);5-8,10H,1-4,9,18H2,(H,19,22)(H,20,25)(H,26,27,28);4-6H,13H2,1-3H3,(H,16,17,18);5-6H,1-4,7H2;5-6H,1-4,7H2,(H,14,15);1-3H,8H2,(H,9,10)(H,11,12,13);4*1H4;;1H;2*1-2H. The number of imide groups is 4. The van der Waals surface area contributed by atoms with Gasteiger partial charge in [-0.1, -0.05) is 55.4 Å². The molecule has 8 rings (SSSR count). The van der Waals surface area contributed by atoms with Gasteiger partial charge in [-0.2, -0.15) is 33.7 Å². The van der Waals surface area contributed by atoms with Crippen LogP contribution in [0.25, 0.3) is 0 Å². The van der Waals surface area contributed by atoms with Crippen molar-refractivity contribution in [1.29, 1.82) is 22.1 Å². The fourth-order valence-corrected chi connectivity index (χ4v) is 13.8. The minimum Gasteiger partial charge on any atom is -0.481 e. The number of nitrogens with zero attached hydrogens (tertiary/aromatic N) is 4. The molecule has 11 amide bonds. The number of nitrogen functional groups attached to an aromatic ring is 3. The van der Waals surface area contributed by atoms with Crippen LogP contribution >= 0.6 is 11.6 Å². The molecule has 757 valence electrons. The quantitative estimate of drug-likeness (QED) is 0.00162. The van der Waals surface area contributed by atoms with Gasteiger partial charge in [0.15, 0.2) is 0 Å². The van der Waals surface area contributed by atoms with Crippen LogP contribution < -0.4 is 33.4 Å². The van der Waals surface area contributed by atoms with E-state index < -0.39 is 141 Å². The molecule has 137 heavy (non-hydrogen) atoms. The van der Waals surface area contributed by atoms with Crippen molar-refractivity contribution in [2.75, 3.05) is 48.3 Å². The fraction of sp³-hybridized carbons (Fsp3) is 0.390. The number of carbonyl (C=O) groups excluding carboxylic acids is 16. The smallest absolute Gasteiger partial charge is 0.380 e. The number of carboxylic acids is 2. The third-order valence-electron chi connectivity index (χ3n) is 16.6. The number of aliphatic carboxylic acids is 1. The van der Waals surface area contributed by atoms with Crippen LogP contribution in [-0.4, -0.2) is 233 Å². The Bertz CT molecular complexity index is 5480. The SMILES string of the molecule is C.C.C.C.CC(C)(C)OC(=O)C(=O)c1ccc(N)cc1S(=O)(=O)O.CC(C)(C)OC(=O)C(=O)c1ccc(NC(=O)CCCCCN2C(=O)C=CC2=O)cc1S(=O)(=O)O.F.N=N.N=N.NNC(=O)c1ccc(NC(=O)CCCCCN2C(=O)C=CC2=O)cc1S(=O)(=O)O.Nc1ccc(C(=O)O)c(S(=O)(=O)O)c1.O=C(Cl)CCCCCN1C(=O)C=CC1=O.O=C(O)CCCCCN1C(=O)C=CC1=O.[B]. The number of amides is 11. The van der Waals surface area contributed by atoms with E-state index in [1.165, 1.54) is 103 Å². The van der Waals surface area contributed by atoms with Gasteiger partial charge in [0, 0.05) is 132 Å². The lowest BCUT2D eigenvalue weighted by atomic mass is 10.1. The molecule has 0 spiro atoms. The van der Waals surface area contributed by atoms with E-state index in [9.17, 15) is 129 Å². The van der Waals surface area contributed by atoms with Crippen LogP contribution in [0.15, 0.2) is 141 Å². The summed E-state index contributed by atoms with van der Waals surface area (Å²) in [5.41, 5.74) is 28.7. The van der Waals surface area contributed by atoms with E-state index in [2.05, 4.69) is 10.6 Å². The molecule has 0 saturated carbocycles. The van der Waals surface area contributed by atoms with Crippen molar-refractivity contribution in [3.05, 3.63) is 144 Å². The number of benzene rings is 4. The molecule has 55 heteroatoms. The zero-order chi connectivity index (χ0) is 100. The number of hydrogen-bond donors (Lipinski definition) is 16. The summed E-state index contributed by atoms with van der Waals surface area (Å²) in [6, 6.07) is 12.8. The number of carbonyl (C=O) groups is 18. The maximum atomic E-state index is 12.4. The molecule has 0 atom stereocenters. The number of hydrazine groups is 1. The van der Waals surface area contributed by atoms with Crippen molar-refractivity contribution < 1.29 is 163 Å². The van der Waals surface area contributed by atoms with E-state index in [1.807, 2.05) is 0 Å². The van der Waals surface area contributed by atoms with Crippen LogP contribution in [0.2, 0.25) is 0 Å². The highest BCUT2D eigenvalue weighted by atomic mass is 35.5. The third-order valence-corrected chi connectivity index (χ3v) is 20.4. The van der Waals surface area contributed by atoms with Gasteiger partial charge in [-0.05, 0) is 177 Å². The lowest BCUT2D eigenvalue weighted by molar-refractivity contribution is -0.149. The minimum absolute atomic E-state index is 0. The Balaban J connectivity index is -0.000000381. The van der Waals surface area contributed by atoms with Crippen molar-refractivity contribution >= 4 is 189 Å². The van der Waals surface area contributed by atoms with E-state index in [0.717, 1.165) is 64.8 Å². The predicted molar refractivity (Wildman–Crippen MR) is 492 cm³/mol. The Hall–Kier alpha value is -13.6. The fourth-order valence-electron chi connectivity index (χ4n) is 10.8. The summed E-state index contributed by atoms with van der Waals surface area (Å²) in [7, 11) is -18.9. The number of nitrogens with two attached hydrogens (primary N) is 3. The van der Waals surface area contributed by atoms with Crippen molar-refractivity contribution in [2.24, 2.45) is 5.84 Å². The number of Topliss-reactive ketones (excluding diaryl/α,β-unsaturated/α-hetero) is 2. The molecule has 0 aromatic heterocycles. The number of aromatic carboxylic acids is 1. The number of anilines is 4. The van der Waals surface area contributed by atoms with Gasteiger partial charge >= 0.3 is 23.9 Å². The first-order chi connectivity index (χ1) is 60.8. The van der Waals surface area contributed by atoms with E-state index in [-0.39, 0.29) is 156 Å². The van der Waals surface area contributed by atoms with Gasteiger partial charge in [0.25, 0.3) is 105 Å². The number of ether oxygens (including phenoxy) is 2. The molecule has 0 aliphatic carbocycles. The Morgan fingerprint density at radius 3 is 0.876 bits per heavy atom. The van der Waals surface area contributed by atoms with Crippen molar-refractivity contribution in [1.82, 2.24) is 25.0 Å². The summed E-state index contributed by atoms with van der Waals surface area (Å²) in [4.78, 5) is 207. The monoisotopic (exact) mass is 2030 g/mol. The highest BCUT2D eigenvalue weighted by Gasteiger charge is 2.34. The molecule has 0 fully saturated rings. The molecule has 0 unspecified atom stereocenters. The van der Waals surface area contributed by atoms with Crippen molar-refractivity contribution in [3.63, 3.8) is 0 Å². The number of nitrogens with one attached hydrogen (secondary N) is 7. The summed E-state index contributed by atoms with van der Waals surface area (Å²) in [6.45, 7) is 10.6. The second kappa shape index (κ2) is 62.9. The largest absolute Gasteiger partial charge is 0.481 e. The van der Waals surface area contributed by atoms with Crippen LogP contribution in [0.4, 0.5) is 27.5 Å². The molecule has 4 heterocycles. The zero-order valence-corrected chi connectivity index (χ0v) is 75.8. The van der Waals surface area contributed by atoms with E-state index in [0.29, 0.717) is 90.1 Å². The highest BCUT2D eigenvalue weighted by molar-refractivity contribution is 7.86. The molecule has 0 saturated heterocycles. The molecule has 4 aliphatic heterocycles. The second-order valence-electron chi connectivity index (χ2n) is 29.0. The number of unbranched alkanes of at least 4 members (excludes halogenated alkanes) is 8. The van der Waals surface area contributed by atoms with Crippen LogP contribution in [0.1, 0.15) is 215 Å². The van der Waals surface area contributed by atoms with E-state index >= 15 is 0 Å². The number of esters is 2. The van der Waals surface area contributed by atoms with Crippen LogP contribution in [-0.2, 0) is 117 Å². The number of ketones is 2. The molecule has 0 bridgehead atoms. The number of halogens is 2. The zero-order valence-electron chi connectivity index (χ0n) is 71.8. The van der Waals surface area contributed by atoms with Crippen LogP contribution in [0, 0.1) is 22.1 Å². The molecule has 4 aromatic carbocycles. The van der Waals surface area contributed by atoms with Crippen molar-refractivity contribution in [3.8, 4) is 0 Å². The highest BCUT2D eigenvalue weighted by Crippen LogP contribution is 2.27. The molecular weight excluding hydrogens is 1920 g/mol.